The lowest BCUT2D eigenvalue weighted by Gasteiger charge is -2.34. The van der Waals surface area contributed by atoms with Crippen LogP contribution in [0.4, 0.5) is 0 Å². The van der Waals surface area contributed by atoms with Gasteiger partial charge in [0.25, 0.3) is 5.56 Å². The number of hydrogen-bond donors (Lipinski definition) is 0. The molecule has 4 rings (SSSR count). The van der Waals surface area contributed by atoms with Gasteiger partial charge in [-0.3, -0.25) is 18.8 Å². The Kier molecular flexibility index (Phi) is 6.03. The minimum Gasteiger partial charge on any atom is -0.316 e. The number of nitrogens with zero attached hydrogens (tertiary/aromatic N) is 5. The summed E-state index contributed by atoms with van der Waals surface area (Å²) in [6.45, 7) is 7.34. The average molecular weight is 464 g/mol. The van der Waals surface area contributed by atoms with E-state index < -0.39 is 5.69 Å². The van der Waals surface area contributed by atoms with Gasteiger partial charge in [-0.15, -0.1) is 0 Å². The molecule has 2 atom stereocenters. The molecular weight excluding hydrogens is 437 g/mol. The van der Waals surface area contributed by atoms with Gasteiger partial charge in [-0.25, -0.2) is 9.78 Å². The Morgan fingerprint density at radius 3 is 2.23 bits per heavy atom. The third kappa shape index (κ3) is 4.06. The highest BCUT2D eigenvalue weighted by molar-refractivity contribution is 6.36. The Morgan fingerprint density at radius 2 is 1.61 bits per heavy atom. The van der Waals surface area contributed by atoms with Crippen molar-refractivity contribution in [2.45, 2.75) is 33.4 Å². The molecule has 0 saturated carbocycles. The first kappa shape index (κ1) is 22.1. The summed E-state index contributed by atoms with van der Waals surface area (Å²) in [7, 11) is 3.12. The molecular formula is C22H27Cl2N5O2. The number of benzene rings is 1. The Hall–Kier alpha value is -2.09. The third-order valence-corrected chi connectivity index (χ3v) is 6.82. The predicted molar refractivity (Wildman–Crippen MR) is 124 cm³/mol. The standard InChI is InChI=1S/C22H27Cl2N5O2/c1-13-8-14(2)10-28(9-13)12-18-25-20-19(21(30)27(4)22(31)26(20)3)29(18)11-15-16(23)6-5-7-17(15)24/h5-7,13-14H,8-12H2,1-4H3. The second kappa shape index (κ2) is 8.45. The summed E-state index contributed by atoms with van der Waals surface area (Å²) >= 11 is 12.9. The van der Waals surface area contributed by atoms with Gasteiger partial charge in [0.2, 0.25) is 0 Å². The van der Waals surface area contributed by atoms with Crippen LogP contribution >= 0.6 is 23.2 Å². The third-order valence-electron chi connectivity index (χ3n) is 6.11. The van der Waals surface area contributed by atoms with Crippen molar-refractivity contribution in [2.24, 2.45) is 25.9 Å². The van der Waals surface area contributed by atoms with E-state index in [1.807, 2.05) is 4.57 Å². The Morgan fingerprint density at radius 1 is 1.00 bits per heavy atom. The number of halogens is 2. The maximum atomic E-state index is 13.1. The van der Waals surface area contributed by atoms with E-state index in [1.54, 1.807) is 25.2 Å². The van der Waals surface area contributed by atoms with Crippen molar-refractivity contribution in [1.29, 1.82) is 0 Å². The van der Waals surface area contributed by atoms with E-state index in [9.17, 15) is 9.59 Å². The minimum atomic E-state index is -0.398. The maximum Gasteiger partial charge on any atom is 0.332 e. The highest BCUT2D eigenvalue weighted by Crippen LogP contribution is 2.28. The molecule has 1 fully saturated rings. The van der Waals surface area contributed by atoms with Gasteiger partial charge < -0.3 is 4.57 Å². The maximum absolute atomic E-state index is 13.1. The number of hydrogen-bond acceptors (Lipinski definition) is 4. The van der Waals surface area contributed by atoms with Crippen molar-refractivity contribution < 1.29 is 0 Å². The summed E-state index contributed by atoms with van der Waals surface area (Å²) in [6, 6.07) is 5.35. The number of likely N-dealkylation sites (tertiary alicyclic amines) is 1. The number of rotatable bonds is 4. The van der Waals surface area contributed by atoms with Gasteiger partial charge in [0.1, 0.15) is 5.82 Å². The summed E-state index contributed by atoms with van der Waals surface area (Å²) in [6.07, 6.45) is 1.21. The molecule has 3 aromatic rings. The molecule has 0 radical (unpaired) electrons. The van der Waals surface area contributed by atoms with Crippen molar-refractivity contribution >= 4 is 34.4 Å². The van der Waals surface area contributed by atoms with Crippen LogP contribution in [0.5, 0.6) is 0 Å². The predicted octanol–water partition coefficient (Wildman–Crippen LogP) is 3.27. The Labute approximate surface area is 190 Å². The molecule has 9 heteroatoms. The van der Waals surface area contributed by atoms with Gasteiger partial charge in [-0.1, -0.05) is 43.1 Å². The smallest absolute Gasteiger partial charge is 0.316 e. The molecule has 1 aliphatic heterocycles. The van der Waals surface area contributed by atoms with E-state index in [-0.39, 0.29) is 5.56 Å². The van der Waals surface area contributed by atoms with Crippen molar-refractivity contribution in [3.8, 4) is 0 Å². The van der Waals surface area contributed by atoms with Gasteiger partial charge in [0, 0.05) is 42.8 Å². The molecule has 1 aromatic carbocycles. The van der Waals surface area contributed by atoms with Crippen LogP contribution in [0.2, 0.25) is 10.0 Å². The second-order valence-corrected chi connectivity index (χ2v) is 9.65. The highest BCUT2D eigenvalue weighted by atomic mass is 35.5. The molecule has 0 amide bonds. The monoisotopic (exact) mass is 463 g/mol. The normalized spacial score (nSPS) is 19.9. The van der Waals surface area contributed by atoms with Crippen molar-refractivity contribution in [3.63, 3.8) is 0 Å². The van der Waals surface area contributed by atoms with Crippen LogP contribution in [-0.2, 0) is 27.2 Å². The van der Waals surface area contributed by atoms with E-state index in [0.717, 1.165) is 29.0 Å². The van der Waals surface area contributed by atoms with Crippen LogP contribution in [0.25, 0.3) is 11.2 Å². The van der Waals surface area contributed by atoms with E-state index in [4.69, 9.17) is 28.2 Å². The molecule has 2 unspecified atom stereocenters. The number of piperidine rings is 1. The van der Waals surface area contributed by atoms with E-state index in [0.29, 0.717) is 46.1 Å². The molecule has 0 spiro atoms. The molecule has 3 heterocycles. The van der Waals surface area contributed by atoms with Crippen LogP contribution in [0.1, 0.15) is 31.7 Å². The summed E-state index contributed by atoms with van der Waals surface area (Å²) in [4.78, 5) is 32.7. The SMILES string of the molecule is CC1CC(C)CN(Cc2nc3c(c(=O)n(C)c(=O)n3C)n2Cc2c(Cl)cccc2Cl)C1. The Balaban J connectivity index is 1.89. The van der Waals surface area contributed by atoms with Crippen molar-refractivity contribution in [1.82, 2.24) is 23.6 Å². The van der Waals surface area contributed by atoms with Crippen molar-refractivity contribution in [2.75, 3.05) is 13.1 Å². The number of fused-ring (bicyclic) bond motifs is 1. The number of aromatic nitrogens is 4. The fourth-order valence-corrected chi connectivity index (χ4v) is 5.26. The fourth-order valence-electron chi connectivity index (χ4n) is 4.75. The number of aryl methyl sites for hydroxylation is 1. The molecule has 31 heavy (non-hydrogen) atoms. The van der Waals surface area contributed by atoms with Crippen LogP contribution < -0.4 is 11.2 Å². The van der Waals surface area contributed by atoms with Crippen LogP contribution in [0.3, 0.4) is 0 Å². The van der Waals surface area contributed by atoms with Crippen LogP contribution in [-0.4, -0.2) is 36.7 Å². The largest absolute Gasteiger partial charge is 0.332 e. The minimum absolute atomic E-state index is 0.302. The lowest BCUT2D eigenvalue weighted by molar-refractivity contribution is 0.130. The quantitative estimate of drug-likeness (QED) is 0.595. The molecule has 166 valence electrons. The first-order chi connectivity index (χ1) is 14.7. The van der Waals surface area contributed by atoms with Crippen molar-refractivity contribution in [3.05, 3.63) is 60.5 Å². The van der Waals surface area contributed by atoms with Crippen LogP contribution in [0.15, 0.2) is 27.8 Å². The zero-order chi connectivity index (χ0) is 22.4. The zero-order valence-corrected chi connectivity index (χ0v) is 19.7. The molecule has 1 aliphatic rings. The van der Waals surface area contributed by atoms with Crippen LogP contribution in [0, 0.1) is 11.8 Å². The van der Waals surface area contributed by atoms with Gasteiger partial charge in [0.05, 0.1) is 13.1 Å². The second-order valence-electron chi connectivity index (χ2n) is 8.83. The molecule has 0 bridgehead atoms. The summed E-state index contributed by atoms with van der Waals surface area (Å²) in [5.41, 5.74) is 0.714. The fraction of sp³-hybridized carbons (Fsp3) is 0.500. The summed E-state index contributed by atoms with van der Waals surface area (Å²) in [5.74, 6) is 1.92. The highest BCUT2D eigenvalue weighted by Gasteiger charge is 2.26. The van der Waals surface area contributed by atoms with Gasteiger partial charge in [0.15, 0.2) is 11.2 Å². The molecule has 7 nitrogen and oxygen atoms in total. The molecule has 0 N–H and O–H groups in total. The van der Waals surface area contributed by atoms with E-state index in [2.05, 4.69) is 18.7 Å². The van der Waals surface area contributed by atoms with Gasteiger partial charge in [-0.05, 0) is 30.4 Å². The van der Waals surface area contributed by atoms with E-state index >= 15 is 0 Å². The first-order valence-electron chi connectivity index (χ1n) is 10.5. The first-order valence-corrected chi connectivity index (χ1v) is 11.2. The van der Waals surface area contributed by atoms with E-state index in [1.165, 1.54) is 18.0 Å². The Bertz CT molecular complexity index is 1230. The average Bonchev–Trinajstić information content (AvgIpc) is 3.05. The lowest BCUT2D eigenvalue weighted by atomic mass is 9.92. The number of imidazole rings is 1. The van der Waals surface area contributed by atoms with Gasteiger partial charge >= 0.3 is 5.69 Å². The topological polar surface area (TPSA) is 65.1 Å². The lowest BCUT2D eigenvalue weighted by Crippen LogP contribution is -2.39. The molecule has 0 aliphatic carbocycles. The molecule has 1 saturated heterocycles. The molecule has 2 aromatic heterocycles. The zero-order valence-electron chi connectivity index (χ0n) is 18.2. The van der Waals surface area contributed by atoms with Gasteiger partial charge in [-0.2, -0.15) is 0 Å². The summed E-state index contributed by atoms with van der Waals surface area (Å²) < 4.78 is 4.41. The summed E-state index contributed by atoms with van der Waals surface area (Å²) in [5, 5.41) is 1.06.